The Morgan fingerprint density at radius 2 is 1.95 bits per heavy atom. The van der Waals surface area contributed by atoms with Crippen molar-refractivity contribution in [2.45, 2.75) is 44.9 Å². The topological polar surface area (TPSA) is 141 Å². The van der Waals surface area contributed by atoms with Crippen molar-refractivity contribution in [1.29, 1.82) is 0 Å². The van der Waals surface area contributed by atoms with Crippen LogP contribution < -0.4 is 11.1 Å². The molecular weight excluding hydrogens is 539 g/mol. The Hall–Kier alpha value is -5.13. The van der Waals surface area contributed by atoms with Crippen molar-refractivity contribution in [3.63, 3.8) is 0 Å². The number of fused-ring (bicyclic) bond motifs is 2. The molecule has 12 heteroatoms. The maximum atomic E-state index is 14.4. The number of anilines is 1. The van der Waals surface area contributed by atoms with Crippen molar-refractivity contribution < 1.29 is 18.8 Å². The molecule has 3 N–H and O–H groups in total. The summed E-state index contributed by atoms with van der Waals surface area (Å²) in [5, 5.41) is 3.35. The van der Waals surface area contributed by atoms with Gasteiger partial charge in [-0.25, -0.2) is 19.3 Å². The number of carbonyl (C=O) groups is 3. The van der Waals surface area contributed by atoms with E-state index in [4.69, 9.17) is 5.73 Å². The Kier molecular flexibility index (Phi) is 7.11. The van der Waals surface area contributed by atoms with Crippen LogP contribution in [-0.4, -0.2) is 65.3 Å². The second-order valence-electron chi connectivity index (χ2n) is 10.4. The van der Waals surface area contributed by atoms with E-state index in [0.717, 1.165) is 17.0 Å². The predicted molar refractivity (Wildman–Crippen MR) is 154 cm³/mol. The summed E-state index contributed by atoms with van der Waals surface area (Å²) in [5.74, 6) is -0.519. The Labute approximate surface area is 240 Å². The lowest BCUT2D eigenvalue weighted by molar-refractivity contribution is -0.139. The molecule has 1 saturated heterocycles. The minimum absolute atomic E-state index is 0.0910. The Morgan fingerprint density at radius 3 is 2.76 bits per heavy atom. The average molecular weight is 569 g/mol. The molecule has 11 nitrogen and oxygen atoms in total. The van der Waals surface area contributed by atoms with E-state index in [-0.39, 0.29) is 43.8 Å². The zero-order valence-electron chi connectivity index (χ0n) is 22.9. The number of aryl methyl sites for hydroxylation is 1. The summed E-state index contributed by atoms with van der Waals surface area (Å²) in [7, 11) is 0. The molecule has 2 atom stereocenters. The van der Waals surface area contributed by atoms with Crippen LogP contribution in [0, 0.1) is 6.92 Å². The number of pyridine rings is 1. The molecule has 1 aliphatic heterocycles. The summed E-state index contributed by atoms with van der Waals surface area (Å²) in [6.07, 6.45) is 6.12. The number of benzene rings is 1. The molecule has 214 valence electrons. The van der Waals surface area contributed by atoms with E-state index in [1.807, 2.05) is 41.8 Å². The van der Waals surface area contributed by atoms with Crippen LogP contribution in [-0.2, 0) is 16.1 Å². The fraction of sp³-hybridized carbons (Fsp3) is 0.267. The van der Waals surface area contributed by atoms with Crippen LogP contribution in [0.2, 0.25) is 0 Å². The molecule has 1 fully saturated rings. The van der Waals surface area contributed by atoms with E-state index >= 15 is 0 Å². The SMILES string of the molecule is Cc1cccc(NC(=O)[C@@H]2CCC(F)CCN2C(=O)Cn2cc(C(N)=O)c3cc(-c4cnc5ncccn45)ccc32)n1. The van der Waals surface area contributed by atoms with Crippen LogP contribution in [0.1, 0.15) is 35.3 Å². The highest BCUT2D eigenvalue weighted by atomic mass is 19.1. The van der Waals surface area contributed by atoms with Gasteiger partial charge in [-0.3, -0.25) is 18.8 Å². The van der Waals surface area contributed by atoms with Gasteiger partial charge < -0.3 is 20.5 Å². The lowest BCUT2D eigenvalue weighted by Crippen LogP contribution is -2.48. The molecule has 5 heterocycles. The van der Waals surface area contributed by atoms with E-state index in [2.05, 4.69) is 20.3 Å². The summed E-state index contributed by atoms with van der Waals surface area (Å²) in [4.78, 5) is 53.8. The number of primary amides is 1. The number of rotatable bonds is 6. The van der Waals surface area contributed by atoms with Gasteiger partial charge in [-0.2, -0.15) is 0 Å². The van der Waals surface area contributed by atoms with Crippen molar-refractivity contribution in [2.24, 2.45) is 5.73 Å². The maximum absolute atomic E-state index is 14.4. The second-order valence-corrected chi connectivity index (χ2v) is 10.4. The van der Waals surface area contributed by atoms with Crippen LogP contribution in [0.25, 0.3) is 27.9 Å². The van der Waals surface area contributed by atoms with Gasteiger partial charge in [0.1, 0.15) is 24.6 Å². The first-order valence-electron chi connectivity index (χ1n) is 13.7. The number of halogens is 1. The largest absolute Gasteiger partial charge is 0.366 e. The van der Waals surface area contributed by atoms with E-state index in [9.17, 15) is 18.8 Å². The standard InChI is InChI=1S/C30H29FN8O3/c1-18-4-2-5-26(35-18)36-29(42)24-9-7-20(31)10-13-38(24)27(40)17-37-16-22(28(32)41)21-14-19(6-8-23(21)37)25-15-34-30-33-11-3-12-39(25)30/h2-6,8,11-12,14-16,20,24H,7,9-10,13,17H2,1H3,(H2,32,41)(H,35,36,42)/t20?,24-/m0/s1. The van der Waals surface area contributed by atoms with Crippen LogP contribution in [0.5, 0.6) is 0 Å². The van der Waals surface area contributed by atoms with E-state index in [1.165, 1.54) is 4.90 Å². The van der Waals surface area contributed by atoms with Gasteiger partial charge in [0.25, 0.3) is 5.91 Å². The number of carbonyl (C=O) groups excluding carboxylic acids is 3. The fourth-order valence-electron chi connectivity index (χ4n) is 5.53. The van der Waals surface area contributed by atoms with E-state index < -0.39 is 24.0 Å². The molecule has 1 aliphatic rings. The van der Waals surface area contributed by atoms with Gasteiger partial charge in [0.2, 0.25) is 17.6 Å². The monoisotopic (exact) mass is 568 g/mol. The number of nitrogens with two attached hydrogens (primary N) is 1. The number of amides is 3. The van der Waals surface area contributed by atoms with Crippen molar-refractivity contribution >= 4 is 40.2 Å². The summed E-state index contributed by atoms with van der Waals surface area (Å²) < 4.78 is 17.9. The minimum atomic E-state index is -1.11. The van der Waals surface area contributed by atoms with Crippen LogP contribution in [0.15, 0.2) is 67.3 Å². The molecular formula is C30H29FN8O3. The highest BCUT2D eigenvalue weighted by Crippen LogP contribution is 2.29. The third-order valence-corrected chi connectivity index (χ3v) is 7.61. The number of hydrogen-bond donors (Lipinski definition) is 2. The number of imidazole rings is 1. The average Bonchev–Trinajstić information content (AvgIpc) is 3.49. The number of nitrogens with one attached hydrogen (secondary N) is 1. The third-order valence-electron chi connectivity index (χ3n) is 7.61. The number of likely N-dealkylation sites (tertiary alicyclic amines) is 1. The molecule has 4 aromatic heterocycles. The van der Waals surface area contributed by atoms with Crippen LogP contribution in [0.3, 0.4) is 0 Å². The molecule has 5 aromatic rings. The molecule has 0 aliphatic carbocycles. The second kappa shape index (κ2) is 11.0. The fourth-order valence-corrected chi connectivity index (χ4v) is 5.53. The lowest BCUT2D eigenvalue weighted by atomic mass is 10.1. The minimum Gasteiger partial charge on any atom is -0.366 e. The van der Waals surface area contributed by atoms with Gasteiger partial charge in [0.05, 0.1) is 17.5 Å². The Bertz CT molecular complexity index is 1830. The number of nitrogens with zero attached hydrogens (tertiary/aromatic N) is 6. The molecule has 0 radical (unpaired) electrons. The molecule has 42 heavy (non-hydrogen) atoms. The van der Waals surface area contributed by atoms with E-state index in [0.29, 0.717) is 22.5 Å². The smallest absolute Gasteiger partial charge is 0.250 e. The van der Waals surface area contributed by atoms with E-state index in [1.54, 1.807) is 41.4 Å². The summed E-state index contributed by atoms with van der Waals surface area (Å²) in [5.41, 5.74) is 8.91. The molecule has 0 saturated carbocycles. The van der Waals surface area contributed by atoms with Crippen LogP contribution >= 0.6 is 0 Å². The lowest BCUT2D eigenvalue weighted by Gasteiger charge is -2.29. The van der Waals surface area contributed by atoms with Gasteiger partial charge in [0, 0.05) is 47.3 Å². The zero-order chi connectivity index (χ0) is 29.4. The van der Waals surface area contributed by atoms with Crippen molar-refractivity contribution in [3.8, 4) is 11.3 Å². The number of alkyl halides is 1. The zero-order valence-corrected chi connectivity index (χ0v) is 22.9. The Morgan fingerprint density at radius 1 is 1.10 bits per heavy atom. The summed E-state index contributed by atoms with van der Waals surface area (Å²) in [6, 6.07) is 11.7. The molecule has 3 amide bonds. The number of aromatic nitrogens is 5. The first-order valence-corrected chi connectivity index (χ1v) is 13.7. The van der Waals surface area contributed by atoms with Crippen molar-refractivity contribution in [2.75, 3.05) is 11.9 Å². The van der Waals surface area contributed by atoms with Gasteiger partial charge in [-0.15, -0.1) is 0 Å². The highest BCUT2D eigenvalue weighted by Gasteiger charge is 2.34. The van der Waals surface area contributed by atoms with Gasteiger partial charge >= 0.3 is 0 Å². The Balaban J connectivity index is 1.31. The van der Waals surface area contributed by atoms with Gasteiger partial charge in [0.15, 0.2) is 0 Å². The van der Waals surface area contributed by atoms with Crippen LogP contribution in [0.4, 0.5) is 10.2 Å². The quantitative estimate of drug-likeness (QED) is 0.321. The highest BCUT2D eigenvalue weighted by molar-refractivity contribution is 6.07. The maximum Gasteiger partial charge on any atom is 0.250 e. The molecule has 1 unspecified atom stereocenters. The first-order chi connectivity index (χ1) is 20.3. The summed E-state index contributed by atoms with van der Waals surface area (Å²) >= 11 is 0. The van der Waals surface area contributed by atoms with Crippen molar-refractivity contribution in [1.82, 2.24) is 28.8 Å². The number of hydrogen-bond acceptors (Lipinski definition) is 6. The molecule has 0 bridgehead atoms. The molecule has 6 rings (SSSR count). The third kappa shape index (κ3) is 5.18. The predicted octanol–water partition coefficient (Wildman–Crippen LogP) is 3.51. The molecule has 1 aromatic carbocycles. The normalized spacial score (nSPS) is 17.3. The van der Waals surface area contributed by atoms with Gasteiger partial charge in [-0.05, 0) is 56.5 Å². The first kappa shape index (κ1) is 27.1. The molecule has 0 spiro atoms. The summed E-state index contributed by atoms with van der Waals surface area (Å²) in [6.45, 7) is 1.74. The van der Waals surface area contributed by atoms with Crippen molar-refractivity contribution in [3.05, 3.63) is 78.5 Å². The van der Waals surface area contributed by atoms with Gasteiger partial charge in [-0.1, -0.05) is 12.1 Å².